The maximum absolute atomic E-state index is 12.6. The monoisotopic (exact) mass is 242 g/mol. The van der Waals surface area contributed by atoms with E-state index in [-0.39, 0.29) is 5.91 Å². The molecule has 1 aliphatic carbocycles. The number of hydrogen-bond acceptors (Lipinski definition) is 1. The highest BCUT2D eigenvalue weighted by atomic mass is 16.2. The fourth-order valence-corrected chi connectivity index (χ4v) is 2.48. The number of carbonyl (C=O) groups excluding carboxylic acids is 1. The molecule has 2 aromatic rings. The van der Waals surface area contributed by atoms with Crippen LogP contribution < -0.4 is 0 Å². The van der Waals surface area contributed by atoms with Gasteiger partial charge in [0.05, 0.1) is 5.56 Å². The van der Waals surface area contributed by atoms with E-state index < -0.39 is 0 Å². The third-order valence-electron chi connectivity index (χ3n) is 3.53. The lowest BCUT2D eigenvalue weighted by atomic mass is 10.1. The van der Waals surface area contributed by atoms with Crippen molar-refractivity contribution in [1.29, 1.82) is 0 Å². The SMILES string of the molecule is CCCN(C(=O)c1c[nH]c2ccccc12)C1CC1. The largest absolute Gasteiger partial charge is 0.360 e. The highest BCUT2D eigenvalue weighted by Crippen LogP contribution is 2.30. The summed E-state index contributed by atoms with van der Waals surface area (Å²) in [5, 5.41) is 1.03. The van der Waals surface area contributed by atoms with E-state index in [1.165, 1.54) is 0 Å². The van der Waals surface area contributed by atoms with Crippen LogP contribution in [0, 0.1) is 0 Å². The number of aromatic nitrogens is 1. The number of nitrogens with zero attached hydrogens (tertiary/aromatic N) is 1. The van der Waals surface area contributed by atoms with Crippen molar-refractivity contribution >= 4 is 16.8 Å². The molecule has 1 aliphatic rings. The van der Waals surface area contributed by atoms with Gasteiger partial charge in [0.1, 0.15) is 0 Å². The summed E-state index contributed by atoms with van der Waals surface area (Å²) in [5.74, 6) is 0.178. The molecular weight excluding hydrogens is 224 g/mol. The molecule has 3 heteroatoms. The Kier molecular flexibility index (Phi) is 2.82. The van der Waals surface area contributed by atoms with Gasteiger partial charge in [-0.25, -0.2) is 0 Å². The van der Waals surface area contributed by atoms with Crippen molar-refractivity contribution in [3.63, 3.8) is 0 Å². The summed E-state index contributed by atoms with van der Waals surface area (Å²) in [6.07, 6.45) is 5.19. The third-order valence-corrected chi connectivity index (χ3v) is 3.53. The smallest absolute Gasteiger partial charge is 0.256 e. The maximum Gasteiger partial charge on any atom is 0.256 e. The second-order valence-electron chi connectivity index (χ2n) is 4.98. The van der Waals surface area contributed by atoms with Crippen LogP contribution in [0.25, 0.3) is 10.9 Å². The van der Waals surface area contributed by atoms with Gasteiger partial charge in [0.15, 0.2) is 0 Å². The van der Waals surface area contributed by atoms with Crippen LogP contribution >= 0.6 is 0 Å². The van der Waals surface area contributed by atoms with Crippen molar-refractivity contribution in [1.82, 2.24) is 9.88 Å². The number of amides is 1. The van der Waals surface area contributed by atoms with Gasteiger partial charge < -0.3 is 9.88 Å². The number of carbonyl (C=O) groups is 1. The standard InChI is InChI=1S/C15H18N2O/c1-2-9-17(11-7-8-11)15(18)13-10-16-14-6-4-3-5-12(13)14/h3-6,10-11,16H,2,7-9H2,1H3. The second-order valence-corrected chi connectivity index (χ2v) is 4.98. The quantitative estimate of drug-likeness (QED) is 0.878. The van der Waals surface area contributed by atoms with Crippen LogP contribution in [-0.4, -0.2) is 28.4 Å². The van der Waals surface area contributed by atoms with E-state index in [0.29, 0.717) is 6.04 Å². The minimum atomic E-state index is 0.178. The Morgan fingerprint density at radius 1 is 1.39 bits per heavy atom. The van der Waals surface area contributed by atoms with Crippen LogP contribution in [0.4, 0.5) is 0 Å². The Bertz CT molecular complexity index is 569. The van der Waals surface area contributed by atoms with Crippen molar-refractivity contribution in [2.45, 2.75) is 32.2 Å². The zero-order valence-corrected chi connectivity index (χ0v) is 10.6. The Labute approximate surface area is 107 Å². The van der Waals surface area contributed by atoms with Crippen LogP contribution in [0.2, 0.25) is 0 Å². The van der Waals surface area contributed by atoms with Crippen LogP contribution in [0.15, 0.2) is 30.5 Å². The Hall–Kier alpha value is -1.77. The highest BCUT2D eigenvalue weighted by Gasteiger charge is 2.33. The summed E-state index contributed by atoms with van der Waals surface area (Å²) in [6, 6.07) is 8.46. The van der Waals surface area contributed by atoms with Gasteiger partial charge in [0.25, 0.3) is 5.91 Å². The Balaban J connectivity index is 1.95. The van der Waals surface area contributed by atoms with Crippen molar-refractivity contribution in [2.75, 3.05) is 6.54 Å². The predicted molar refractivity (Wildman–Crippen MR) is 72.6 cm³/mol. The molecule has 0 saturated heterocycles. The van der Waals surface area contributed by atoms with Crippen molar-refractivity contribution in [3.05, 3.63) is 36.0 Å². The normalized spacial score (nSPS) is 14.9. The van der Waals surface area contributed by atoms with Crippen LogP contribution in [0.5, 0.6) is 0 Å². The molecule has 1 aromatic carbocycles. The molecule has 1 N–H and O–H groups in total. The summed E-state index contributed by atoms with van der Waals surface area (Å²) < 4.78 is 0. The summed E-state index contributed by atoms with van der Waals surface area (Å²) in [7, 11) is 0. The molecule has 1 saturated carbocycles. The molecule has 1 aromatic heterocycles. The molecule has 1 fully saturated rings. The Morgan fingerprint density at radius 3 is 2.89 bits per heavy atom. The molecule has 3 nitrogen and oxygen atoms in total. The number of rotatable bonds is 4. The van der Waals surface area contributed by atoms with E-state index in [4.69, 9.17) is 0 Å². The molecule has 0 radical (unpaired) electrons. The van der Waals surface area contributed by atoms with Gasteiger partial charge in [-0.1, -0.05) is 25.1 Å². The zero-order chi connectivity index (χ0) is 12.5. The number of hydrogen-bond donors (Lipinski definition) is 1. The Morgan fingerprint density at radius 2 is 2.17 bits per heavy atom. The maximum atomic E-state index is 12.6. The molecule has 1 heterocycles. The average molecular weight is 242 g/mol. The van der Waals surface area contributed by atoms with Gasteiger partial charge in [0.2, 0.25) is 0 Å². The highest BCUT2D eigenvalue weighted by molar-refractivity contribution is 6.06. The van der Waals surface area contributed by atoms with Crippen molar-refractivity contribution < 1.29 is 4.79 Å². The van der Waals surface area contributed by atoms with Gasteiger partial charge in [-0.2, -0.15) is 0 Å². The van der Waals surface area contributed by atoms with Crippen LogP contribution in [0.1, 0.15) is 36.5 Å². The lowest BCUT2D eigenvalue weighted by Crippen LogP contribution is -2.33. The molecule has 18 heavy (non-hydrogen) atoms. The first-order valence-corrected chi connectivity index (χ1v) is 6.68. The molecule has 0 spiro atoms. The minimum absolute atomic E-state index is 0.178. The molecule has 0 unspecified atom stereocenters. The van der Waals surface area contributed by atoms with Crippen LogP contribution in [0.3, 0.4) is 0 Å². The topological polar surface area (TPSA) is 36.1 Å². The van der Waals surface area contributed by atoms with E-state index in [9.17, 15) is 4.79 Å². The van der Waals surface area contributed by atoms with E-state index in [0.717, 1.165) is 42.3 Å². The molecule has 1 amide bonds. The first-order valence-electron chi connectivity index (χ1n) is 6.68. The molecule has 0 bridgehead atoms. The summed E-state index contributed by atoms with van der Waals surface area (Å²) in [4.78, 5) is 17.8. The number of aromatic amines is 1. The van der Waals surface area contributed by atoms with Gasteiger partial charge in [-0.05, 0) is 25.3 Å². The number of nitrogens with one attached hydrogen (secondary N) is 1. The van der Waals surface area contributed by atoms with E-state index in [1.54, 1.807) is 0 Å². The van der Waals surface area contributed by atoms with Gasteiger partial charge >= 0.3 is 0 Å². The van der Waals surface area contributed by atoms with Gasteiger partial charge in [0, 0.05) is 29.7 Å². The molecule has 0 aliphatic heterocycles. The molecule has 3 rings (SSSR count). The van der Waals surface area contributed by atoms with E-state index >= 15 is 0 Å². The first kappa shape index (κ1) is 11.3. The number of H-pyrrole nitrogens is 1. The lowest BCUT2D eigenvalue weighted by Gasteiger charge is -2.21. The minimum Gasteiger partial charge on any atom is -0.360 e. The second kappa shape index (κ2) is 4.48. The summed E-state index contributed by atoms with van der Waals surface area (Å²) in [6.45, 7) is 2.99. The van der Waals surface area contributed by atoms with E-state index in [1.807, 2.05) is 35.4 Å². The predicted octanol–water partition coefficient (Wildman–Crippen LogP) is 3.18. The van der Waals surface area contributed by atoms with Crippen molar-refractivity contribution in [2.24, 2.45) is 0 Å². The summed E-state index contributed by atoms with van der Waals surface area (Å²) >= 11 is 0. The number of fused-ring (bicyclic) bond motifs is 1. The molecular formula is C15H18N2O. The lowest BCUT2D eigenvalue weighted by molar-refractivity contribution is 0.0745. The molecule has 94 valence electrons. The number of benzene rings is 1. The number of para-hydroxylation sites is 1. The summed E-state index contributed by atoms with van der Waals surface area (Å²) in [5.41, 5.74) is 1.85. The third kappa shape index (κ3) is 1.90. The van der Waals surface area contributed by atoms with E-state index in [2.05, 4.69) is 11.9 Å². The van der Waals surface area contributed by atoms with Gasteiger partial charge in [-0.3, -0.25) is 4.79 Å². The van der Waals surface area contributed by atoms with Gasteiger partial charge in [-0.15, -0.1) is 0 Å². The average Bonchev–Trinajstić information content (AvgIpc) is 3.14. The first-order chi connectivity index (χ1) is 8.81. The molecule has 0 atom stereocenters. The zero-order valence-electron chi connectivity index (χ0n) is 10.6. The van der Waals surface area contributed by atoms with Crippen LogP contribution in [-0.2, 0) is 0 Å². The fraction of sp³-hybridized carbons (Fsp3) is 0.400. The van der Waals surface area contributed by atoms with Crippen molar-refractivity contribution in [3.8, 4) is 0 Å². The fourth-order valence-electron chi connectivity index (χ4n) is 2.48.